The number of urea groups is 1. The van der Waals surface area contributed by atoms with Gasteiger partial charge in [0.25, 0.3) is 0 Å². The van der Waals surface area contributed by atoms with Crippen molar-refractivity contribution in [1.82, 2.24) is 5.32 Å². The molecule has 1 atom stereocenters. The Morgan fingerprint density at radius 2 is 1.77 bits per heavy atom. The number of carbonyl (C=O) groups excluding carboxylic acids is 1. The van der Waals surface area contributed by atoms with Gasteiger partial charge in [-0.25, -0.2) is 4.79 Å². The van der Waals surface area contributed by atoms with Crippen LogP contribution >= 0.6 is 0 Å². The van der Waals surface area contributed by atoms with Crippen LogP contribution in [-0.2, 0) is 6.42 Å². The summed E-state index contributed by atoms with van der Waals surface area (Å²) in [6, 6.07) is 14.2. The van der Waals surface area contributed by atoms with E-state index in [-0.39, 0.29) is 12.1 Å². The van der Waals surface area contributed by atoms with Crippen molar-refractivity contribution in [2.24, 2.45) is 0 Å². The van der Waals surface area contributed by atoms with Crippen molar-refractivity contribution in [1.29, 1.82) is 0 Å². The van der Waals surface area contributed by atoms with Crippen LogP contribution in [-0.4, -0.2) is 12.1 Å². The maximum Gasteiger partial charge on any atom is 0.319 e. The van der Waals surface area contributed by atoms with Crippen molar-refractivity contribution >= 4 is 11.7 Å². The molecule has 0 aliphatic rings. The molecule has 2 amide bonds. The number of aryl methyl sites for hydroxylation is 3. The first kappa shape index (κ1) is 16.1. The quantitative estimate of drug-likeness (QED) is 0.864. The molecule has 0 aliphatic heterocycles. The average Bonchev–Trinajstić information content (AvgIpc) is 2.45. The fourth-order valence-corrected chi connectivity index (χ4v) is 2.47. The maximum atomic E-state index is 12.1. The third kappa shape index (κ3) is 4.35. The lowest BCUT2D eigenvalue weighted by atomic mass is 10.0. The molecule has 0 aromatic heterocycles. The van der Waals surface area contributed by atoms with Gasteiger partial charge in [0.05, 0.1) is 0 Å². The Kier molecular flexibility index (Phi) is 5.21. The number of hydrogen-bond donors (Lipinski definition) is 2. The highest BCUT2D eigenvalue weighted by Gasteiger charge is 2.10. The first-order valence-corrected chi connectivity index (χ1v) is 7.65. The van der Waals surface area contributed by atoms with E-state index < -0.39 is 0 Å². The van der Waals surface area contributed by atoms with Crippen LogP contribution in [0.5, 0.6) is 0 Å². The van der Waals surface area contributed by atoms with E-state index >= 15 is 0 Å². The van der Waals surface area contributed by atoms with Gasteiger partial charge in [0.2, 0.25) is 0 Å². The molecule has 0 radical (unpaired) electrons. The monoisotopic (exact) mass is 296 g/mol. The van der Waals surface area contributed by atoms with Gasteiger partial charge in [0.1, 0.15) is 0 Å². The Morgan fingerprint density at radius 3 is 2.50 bits per heavy atom. The Morgan fingerprint density at radius 1 is 1.05 bits per heavy atom. The van der Waals surface area contributed by atoms with Gasteiger partial charge in [0.15, 0.2) is 0 Å². The second kappa shape index (κ2) is 7.12. The summed E-state index contributed by atoms with van der Waals surface area (Å²) >= 11 is 0. The van der Waals surface area contributed by atoms with Crippen LogP contribution in [0.3, 0.4) is 0 Å². The molecule has 0 saturated carbocycles. The molecule has 0 aliphatic carbocycles. The molecule has 2 rings (SSSR count). The summed E-state index contributed by atoms with van der Waals surface area (Å²) in [6.45, 7) is 8.13. The van der Waals surface area contributed by atoms with Crippen molar-refractivity contribution in [3.63, 3.8) is 0 Å². The van der Waals surface area contributed by atoms with E-state index in [4.69, 9.17) is 0 Å². The average molecular weight is 296 g/mol. The molecule has 3 heteroatoms. The van der Waals surface area contributed by atoms with Crippen molar-refractivity contribution in [3.05, 3.63) is 64.7 Å². The number of anilines is 1. The summed E-state index contributed by atoms with van der Waals surface area (Å²) < 4.78 is 0. The van der Waals surface area contributed by atoms with Crippen LogP contribution in [0.1, 0.15) is 29.2 Å². The first-order valence-electron chi connectivity index (χ1n) is 7.65. The lowest BCUT2D eigenvalue weighted by Crippen LogP contribution is -2.37. The summed E-state index contributed by atoms with van der Waals surface area (Å²) in [6.07, 6.45) is 0.826. The Bertz CT molecular complexity index is 664. The molecular formula is C19H24N2O. The second-order valence-electron chi connectivity index (χ2n) is 5.95. The van der Waals surface area contributed by atoms with E-state index in [9.17, 15) is 4.79 Å². The van der Waals surface area contributed by atoms with E-state index in [2.05, 4.69) is 29.7 Å². The molecule has 0 fully saturated rings. The van der Waals surface area contributed by atoms with Crippen LogP contribution in [0, 0.1) is 20.8 Å². The standard InChI is InChI=1S/C19H24N2O/c1-13-9-10-15(3)18(11-13)21-19(22)20-16(4)12-17-8-6-5-7-14(17)2/h5-11,16H,12H2,1-4H3,(H2,20,21,22). The third-order valence-corrected chi connectivity index (χ3v) is 3.81. The van der Waals surface area contributed by atoms with E-state index in [0.717, 1.165) is 23.2 Å². The highest BCUT2D eigenvalue weighted by atomic mass is 16.2. The van der Waals surface area contributed by atoms with E-state index in [0.29, 0.717) is 0 Å². The highest BCUT2D eigenvalue weighted by molar-refractivity contribution is 5.90. The molecule has 0 saturated heterocycles. The molecule has 22 heavy (non-hydrogen) atoms. The number of amides is 2. The molecule has 1 unspecified atom stereocenters. The smallest absolute Gasteiger partial charge is 0.319 e. The first-order chi connectivity index (χ1) is 10.5. The Labute approximate surface area is 132 Å². The Balaban J connectivity index is 1.94. The van der Waals surface area contributed by atoms with Crippen molar-refractivity contribution in [2.75, 3.05) is 5.32 Å². The fourth-order valence-electron chi connectivity index (χ4n) is 2.47. The minimum Gasteiger partial charge on any atom is -0.335 e. The van der Waals surface area contributed by atoms with Crippen LogP contribution in [0.2, 0.25) is 0 Å². The number of carbonyl (C=O) groups is 1. The van der Waals surface area contributed by atoms with Gasteiger partial charge in [-0.1, -0.05) is 36.4 Å². The maximum absolute atomic E-state index is 12.1. The van der Waals surface area contributed by atoms with E-state index in [1.165, 1.54) is 11.1 Å². The summed E-state index contributed by atoms with van der Waals surface area (Å²) in [5.74, 6) is 0. The van der Waals surface area contributed by atoms with Crippen LogP contribution in [0.25, 0.3) is 0 Å². The Hall–Kier alpha value is -2.29. The lowest BCUT2D eigenvalue weighted by molar-refractivity contribution is 0.249. The summed E-state index contributed by atoms with van der Waals surface area (Å²) in [4.78, 5) is 12.1. The third-order valence-electron chi connectivity index (χ3n) is 3.81. The molecule has 0 bridgehead atoms. The number of nitrogens with one attached hydrogen (secondary N) is 2. The van der Waals surface area contributed by atoms with E-state index in [1.807, 2.05) is 51.1 Å². The van der Waals surface area contributed by atoms with Crippen LogP contribution in [0.15, 0.2) is 42.5 Å². The SMILES string of the molecule is Cc1ccc(C)c(NC(=O)NC(C)Cc2ccccc2C)c1. The molecule has 0 heterocycles. The minimum absolute atomic E-state index is 0.0752. The largest absolute Gasteiger partial charge is 0.335 e. The lowest BCUT2D eigenvalue weighted by Gasteiger charge is -2.17. The van der Waals surface area contributed by atoms with Crippen molar-refractivity contribution in [3.8, 4) is 0 Å². The molecule has 3 nitrogen and oxygen atoms in total. The minimum atomic E-state index is -0.158. The molecule has 2 aromatic carbocycles. The molecule has 0 spiro atoms. The van der Waals surface area contributed by atoms with E-state index in [1.54, 1.807) is 0 Å². The van der Waals surface area contributed by atoms with Gasteiger partial charge in [-0.2, -0.15) is 0 Å². The molecular weight excluding hydrogens is 272 g/mol. The molecule has 2 aromatic rings. The normalized spacial score (nSPS) is 11.8. The topological polar surface area (TPSA) is 41.1 Å². The van der Waals surface area contributed by atoms with Gasteiger partial charge in [-0.15, -0.1) is 0 Å². The predicted octanol–water partition coefficient (Wildman–Crippen LogP) is 4.36. The molecule has 2 N–H and O–H groups in total. The van der Waals surface area contributed by atoms with Gasteiger partial charge in [0, 0.05) is 11.7 Å². The summed E-state index contributed by atoms with van der Waals surface area (Å²) in [7, 11) is 0. The number of rotatable bonds is 4. The molecule has 116 valence electrons. The number of hydrogen-bond acceptors (Lipinski definition) is 1. The van der Waals surface area contributed by atoms with Crippen LogP contribution < -0.4 is 10.6 Å². The van der Waals surface area contributed by atoms with Gasteiger partial charge < -0.3 is 10.6 Å². The van der Waals surface area contributed by atoms with Crippen molar-refractivity contribution < 1.29 is 4.79 Å². The van der Waals surface area contributed by atoms with Crippen LogP contribution in [0.4, 0.5) is 10.5 Å². The highest BCUT2D eigenvalue weighted by Crippen LogP contribution is 2.16. The second-order valence-corrected chi connectivity index (χ2v) is 5.95. The summed E-state index contributed by atoms with van der Waals surface area (Å²) in [5.41, 5.74) is 5.58. The van der Waals surface area contributed by atoms with Gasteiger partial charge >= 0.3 is 6.03 Å². The zero-order valence-electron chi connectivity index (χ0n) is 13.7. The zero-order valence-corrected chi connectivity index (χ0v) is 13.7. The summed E-state index contributed by atoms with van der Waals surface area (Å²) in [5, 5.41) is 5.93. The van der Waals surface area contributed by atoms with Gasteiger partial charge in [-0.05, 0) is 62.4 Å². The fraction of sp³-hybridized carbons (Fsp3) is 0.316. The number of benzene rings is 2. The predicted molar refractivity (Wildman–Crippen MR) is 92.4 cm³/mol. The zero-order chi connectivity index (χ0) is 16.1. The van der Waals surface area contributed by atoms with Gasteiger partial charge in [-0.3, -0.25) is 0 Å². The van der Waals surface area contributed by atoms with Crippen molar-refractivity contribution in [2.45, 2.75) is 40.2 Å².